The highest BCUT2D eigenvalue weighted by molar-refractivity contribution is 7.89. The molecule has 1 aliphatic heterocycles. The molecule has 12 heteroatoms. The molecule has 0 atom stereocenters. The number of sulfonamides is 1. The van der Waals surface area contributed by atoms with Crippen LogP contribution in [0.15, 0.2) is 80.8 Å². The standard InChI is InChI=1S/C31H32Cl2N2O7S/c1-20-6-11-25(12-7-20)43(38,39)34(18-22-8-13-27(32)28(33)16-22)19-24-10-9-23(42-24)17-26-29(31(37)41-4)21(2)35(30(26)36)14-5-15-40-3/h6-13,16-17H,5,14-15,18-19H2,1-4H3/b26-17+. The number of ether oxygens (including phenoxy) is 2. The fraction of sp³-hybridized carbons (Fsp3) is 0.290. The fourth-order valence-corrected chi connectivity index (χ4v) is 6.38. The first-order valence-corrected chi connectivity index (χ1v) is 15.6. The van der Waals surface area contributed by atoms with Crippen LogP contribution >= 0.6 is 23.2 Å². The summed E-state index contributed by atoms with van der Waals surface area (Å²) < 4.78 is 44.8. The van der Waals surface area contributed by atoms with Crippen molar-refractivity contribution in [3.8, 4) is 0 Å². The van der Waals surface area contributed by atoms with Gasteiger partial charge in [-0.05, 0) is 68.3 Å². The van der Waals surface area contributed by atoms with Gasteiger partial charge in [0.15, 0.2) is 0 Å². The summed E-state index contributed by atoms with van der Waals surface area (Å²) in [5, 5.41) is 0.664. The molecule has 0 fully saturated rings. The van der Waals surface area contributed by atoms with E-state index >= 15 is 0 Å². The van der Waals surface area contributed by atoms with Gasteiger partial charge in [0.05, 0.1) is 39.7 Å². The maximum absolute atomic E-state index is 13.8. The minimum Gasteiger partial charge on any atom is -0.465 e. The van der Waals surface area contributed by atoms with E-state index in [2.05, 4.69) is 0 Å². The minimum absolute atomic E-state index is 0.00639. The third-order valence-corrected chi connectivity index (χ3v) is 9.48. The molecule has 43 heavy (non-hydrogen) atoms. The van der Waals surface area contributed by atoms with E-state index in [0.29, 0.717) is 46.6 Å². The third-order valence-electron chi connectivity index (χ3n) is 6.93. The number of hydrogen-bond acceptors (Lipinski definition) is 7. The number of carbonyl (C=O) groups excluding carboxylic acids is 2. The van der Waals surface area contributed by atoms with Crippen molar-refractivity contribution in [2.24, 2.45) is 0 Å². The number of amides is 1. The van der Waals surface area contributed by atoms with Crippen molar-refractivity contribution in [1.82, 2.24) is 9.21 Å². The van der Waals surface area contributed by atoms with E-state index in [-0.39, 0.29) is 40.8 Å². The molecule has 0 unspecified atom stereocenters. The first-order chi connectivity index (χ1) is 20.5. The lowest BCUT2D eigenvalue weighted by atomic mass is 10.1. The molecular weight excluding hydrogens is 615 g/mol. The molecule has 1 aromatic heterocycles. The Bertz CT molecular complexity index is 1680. The summed E-state index contributed by atoms with van der Waals surface area (Å²) in [5.41, 5.74) is 2.30. The highest BCUT2D eigenvalue weighted by atomic mass is 35.5. The molecule has 9 nitrogen and oxygen atoms in total. The van der Waals surface area contributed by atoms with Gasteiger partial charge < -0.3 is 18.8 Å². The number of allylic oxidation sites excluding steroid dienone is 1. The molecule has 4 rings (SSSR count). The second-order valence-corrected chi connectivity index (χ2v) is 12.7. The number of rotatable bonds is 12. The Morgan fingerprint density at radius 2 is 1.72 bits per heavy atom. The number of esters is 1. The van der Waals surface area contributed by atoms with Gasteiger partial charge >= 0.3 is 5.97 Å². The first kappa shape index (κ1) is 32.5. The summed E-state index contributed by atoms with van der Waals surface area (Å²) in [6.45, 7) is 4.25. The number of furan rings is 1. The quantitative estimate of drug-likeness (QED) is 0.135. The fourth-order valence-electron chi connectivity index (χ4n) is 4.66. The number of aryl methyl sites for hydroxylation is 1. The summed E-state index contributed by atoms with van der Waals surface area (Å²) >= 11 is 12.3. The Morgan fingerprint density at radius 1 is 1.00 bits per heavy atom. The van der Waals surface area contributed by atoms with Gasteiger partial charge in [-0.3, -0.25) is 4.79 Å². The van der Waals surface area contributed by atoms with Crippen LogP contribution < -0.4 is 0 Å². The predicted molar refractivity (Wildman–Crippen MR) is 164 cm³/mol. The Balaban J connectivity index is 1.66. The molecule has 0 N–H and O–H groups in total. The van der Waals surface area contributed by atoms with Gasteiger partial charge in [0.25, 0.3) is 5.91 Å². The van der Waals surface area contributed by atoms with Crippen molar-refractivity contribution in [3.63, 3.8) is 0 Å². The van der Waals surface area contributed by atoms with E-state index in [4.69, 9.17) is 37.1 Å². The molecule has 2 heterocycles. The zero-order chi connectivity index (χ0) is 31.3. The number of carbonyl (C=O) groups is 2. The first-order valence-electron chi connectivity index (χ1n) is 13.4. The van der Waals surface area contributed by atoms with Crippen molar-refractivity contribution in [2.75, 3.05) is 27.4 Å². The van der Waals surface area contributed by atoms with Gasteiger partial charge in [0, 0.05) is 32.5 Å². The number of benzene rings is 2. The van der Waals surface area contributed by atoms with Crippen LogP contribution in [0.4, 0.5) is 0 Å². The predicted octanol–water partition coefficient (Wildman–Crippen LogP) is 6.00. The maximum atomic E-state index is 13.8. The highest BCUT2D eigenvalue weighted by Gasteiger charge is 2.37. The topological polar surface area (TPSA) is 106 Å². The smallest absolute Gasteiger partial charge is 0.340 e. The van der Waals surface area contributed by atoms with Crippen LogP contribution in [0, 0.1) is 6.92 Å². The average molecular weight is 648 g/mol. The average Bonchev–Trinajstić information content (AvgIpc) is 3.51. The van der Waals surface area contributed by atoms with Crippen molar-refractivity contribution >= 4 is 51.2 Å². The SMILES string of the molecule is COCCCN1C(=O)/C(=C/c2ccc(CN(Cc3ccc(Cl)c(Cl)c3)S(=O)(=O)c3ccc(C)cc3)o2)C(C(=O)OC)=C1C. The molecule has 0 aliphatic carbocycles. The molecule has 0 radical (unpaired) electrons. The van der Waals surface area contributed by atoms with Crippen LogP contribution in [-0.2, 0) is 42.2 Å². The van der Waals surface area contributed by atoms with Gasteiger partial charge in [0.2, 0.25) is 10.0 Å². The van der Waals surface area contributed by atoms with E-state index in [1.807, 2.05) is 6.92 Å². The summed E-state index contributed by atoms with van der Waals surface area (Å²) in [7, 11) is -1.14. The van der Waals surface area contributed by atoms with Gasteiger partial charge in [-0.1, -0.05) is 47.0 Å². The number of hydrogen-bond donors (Lipinski definition) is 0. The van der Waals surface area contributed by atoms with Crippen LogP contribution in [0.25, 0.3) is 6.08 Å². The molecular formula is C31H32Cl2N2O7S. The second kappa shape index (κ2) is 13.9. The molecule has 0 saturated carbocycles. The molecule has 0 saturated heterocycles. The second-order valence-electron chi connectivity index (χ2n) is 9.95. The molecule has 2 aromatic carbocycles. The van der Waals surface area contributed by atoms with E-state index < -0.39 is 16.0 Å². The van der Waals surface area contributed by atoms with Gasteiger partial charge in [-0.2, -0.15) is 4.31 Å². The lowest BCUT2D eigenvalue weighted by Crippen LogP contribution is -2.30. The number of halogens is 2. The lowest BCUT2D eigenvalue weighted by Gasteiger charge is -2.22. The van der Waals surface area contributed by atoms with Crippen LogP contribution in [-0.4, -0.2) is 56.9 Å². The largest absolute Gasteiger partial charge is 0.465 e. The van der Waals surface area contributed by atoms with Crippen molar-refractivity contribution in [3.05, 3.63) is 104 Å². The third kappa shape index (κ3) is 7.39. The lowest BCUT2D eigenvalue weighted by molar-refractivity contribution is -0.136. The normalized spacial score (nSPS) is 14.8. The molecule has 0 bridgehead atoms. The zero-order valence-electron chi connectivity index (χ0n) is 24.2. The highest BCUT2D eigenvalue weighted by Crippen LogP contribution is 2.33. The Labute approximate surface area is 261 Å². The summed E-state index contributed by atoms with van der Waals surface area (Å²) in [4.78, 5) is 27.6. The van der Waals surface area contributed by atoms with Crippen LogP contribution in [0.3, 0.4) is 0 Å². The Morgan fingerprint density at radius 3 is 2.37 bits per heavy atom. The zero-order valence-corrected chi connectivity index (χ0v) is 26.6. The van der Waals surface area contributed by atoms with E-state index in [1.165, 1.54) is 22.4 Å². The Kier molecular flexibility index (Phi) is 10.5. The van der Waals surface area contributed by atoms with Gasteiger partial charge in [-0.15, -0.1) is 0 Å². The van der Waals surface area contributed by atoms with E-state index in [0.717, 1.165) is 5.56 Å². The molecule has 1 aliphatic rings. The van der Waals surface area contributed by atoms with Gasteiger partial charge in [0.1, 0.15) is 11.5 Å². The van der Waals surface area contributed by atoms with Crippen molar-refractivity contribution in [2.45, 2.75) is 38.3 Å². The molecule has 3 aromatic rings. The number of nitrogens with zero attached hydrogens (tertiary/aromatic N) is 2. The van der Waals surface area contributed by atoms with Crippen molar-refractivity contribution < 1.29 is 31.9 Å². The van der Waals surface area contributed by atoms with Gasteiger partial charge in [-0.25, -0.2) is 13.2 Å². The summed E-state index contributed by atoms with van der Waals surface area (Å²) in [6.07, 6.45) is 2.05. The monoisotopic (exact) mass is 646 g/mol. The van der Waals surface area contributed by atoms with Crippen LogP contribution in [0.2, 0.25) is 10.0 Å². The van der Waals surface area contributed by atoms with Crippen molar-refractivity contribution in [1.29, 1.82) is 0 Å². The summed E-state index contributed by atoms with van der Waals surface area (Å²) in [6, 6.07) is 14.7. The summed E-state index contributed by atoms with van der Waals surface area (Å²) in [5.74, 6) is -0.413. The van der Waals surface area contributed by atoms with Crippen LogP contribution in [0.1, 0.15) is 36.0 Å². The van der Waals surface area contributed by atoms with E-state index in [1.54, 1.807) is 68.6 Å². The molecule has 1 amide bonds. The van der Waals surface area contributed by atoms with Crippen LogP contribution in [0.5, 0.6) is 0 Å². The Hall–Kier alpha value is -3.41. The maximum Gasteiger partial charge on any atom is 0.340 e. The van der Waals surface area contributed by atoms with E-state index in [9.17, 15) is 18.0 Å². The number of methoxy groups -OCH3 is 2. The minimum atomic E-state index is -3.97. The molecule has 228 valence electrons. The molecule has 0 spiro atoms.